The highest BCUT2D eigenvalue weighted by atomic mass is 35.5. The number of fused-ring (bicyclic) bond motifs is 1. The van der Waals surface area contributed by atoms with Crippen molar-refractivity contribution in [3.63, 3.8) is 0 Å². The Balaban J connectivity index is 2.09. The molecule has 0 saturated carbocycles. The largest absolute Gasteiger partial charge is 0.449 e. The molecule has 2 nitrogen and oxygen atoms in total. The van der Waals surface area contributed by atoms with Gasteiger partial charge in [-0.2, -0.15) is 0 Å². The molecule has 0 aliphatic heterocycles. The van der Waals surface area contributed by atoms with E-state index in [1.807, 2.05) is 0 Å². The minimum Gasteiger partial charge on any atom is -0.449 e. The second-order valence-electron chi connectivity index (χ2n) is 4.11. The average Bonchev–Trinajstić information content (AvgIpc) is 2.83. The molecule has 0 spiro atoms. The van der Waals surface area contributed by atoms with Gasteiger partial charge in [0, 0.05) is 16.0 Å². The van der Waals surface area contributed by atoms with Crippen molar-refractivity contribution in [2.24, 2.45) is 0 Å². The second-order valence-corrected chi connectivity index (χ2v) is 4.54. The van der Waals surface area contributed by atoms with Crippen molar-refractivity contribution in [2.75, 3.05) is 0 Å². The molecule has 0 aliphatic rings. The molecule has 0 aliphatic carbocycles. The van der Waals surface area contributed by atoms with Crippen molar-refractivity contribution >= 4 is 28.4 Å². The summed E-state index contributed by atoms with van der Waals surface area (Å²) in [6, 6.07) is 12.6. The van der Waals surface area contributed by atoms with Gasteiger partial charge in [0.15, 0.2) is 17.2 Å². The van der Waals surface area contributed by atoms with Crippen LogP contribution >= 0.6 is 11.6 Å². The van der Waals surface area contributed by atoms with E-state index in [2.05, 4.69) is 0 Å². The standard InChI is InChI=1S/C15H8ClFO2/c16-11-5-1-3-9(7-11)14(18)13-8-10-4-2-6-12(17)15(10)19-13/h1-8H. The highest BCUT2D eigenvalue weighted by molar-refractivity contribution is 6.31. The molecule has 0 radical (unpaired) electrons. The lowest BCUT2D eigenvalue weighted by Crippen LogP contribution is -1.98. The lowest BCUT2D eigenvalue weighted by Gasteiger charge is -1.97. The number of carbonyl (C=O) groups is 1. The lowest BCUT2D eigenvalue weighted by molar-refractivity contribution is 0.101. The van der Waals surface area contributed by atoms with E-state index < -0.39 is 5.82 Å². The van der Waals surface area contributed by atoms with E-state index in [1.54, 1.807) is 36.4 Å². The summed E-state index contributed by atoms with van der Waals surface area (Å²) in [5.74, 6) is -0.705. The fourth-order valence-electron chi connectivity index (χ4n) is 1.91. The minimum absolute atomic E-state index is 0.0906. The normalized spacial score (nSPS) is 10.8. The van der Waals surface area contributed by atoms with Gasteiger partial charge < -0.3 is 4.42 Å². The summed E-state index contributed by atoms with van der Waals surface area (Å²) in [5.41, 5.74) is 0.500. The van der Waals surface area contributed by atoms with Crippen molar-refractivity contribution in [1.82, 2.24) is 0 Å². The average molecular weight is 275 g/mol. The number of ketones is 1. The number of hydrogen-bond acceptors (Lipinski definition) is 2. The smallest absolute Gasteiger partial charge is 0.228 e. The van der Waals surface area contributed by atoms with Gasteiger partial charge in [-0.05, 0) is 24.3 Å². The predicted molar refractivity (Wildman–Crippen MR) is 71.1 cm³/mol. The SMILES string of the molecule is O=C(c1cccc(Cl)c1)c1cc2cccc(F)c2o1. The molecular formula is C15H8ClFO2. The Morgan fingerprint density at radius 3 is 2.63 bits per heavy atom. The molecule has 1 aromatic heterocycles. The number of para-hydroxylation sites is 1. The Hall–Kier alpha value is -2.13. The Bertz CT molecular complexity index is 777. The van der Waals surface area contributed by atoms with Gasteiger partial charge in [0.25, 0.3) is 0 Å². The zero-order valence-electron chi connectivity index (χ0n) is 9.69. The maximum absolute atomic E-state index is 13.5. The number of furan rings is 1. The van der Waals surface area contributed by atoms with Crippen LogP contribution in [-0.4, -0.2) is 5.78 Å². The molecule has 4 heteroatoms. The number of halogens is 2. The van der Waals surface area contributed by atoms with Crippen LogP contribution in [0.4, 0.5) is 4.39 Å². The number of hydrogen-bond donors (Lipinski definition) is 0. The maximum atomic E-state index is 13.5. The van der Waals surface area contributed by atoms with Crippen molar-refractivity contribution in [3.05, 3.63) is 70.7 Å². The van der Waals surface area contributed by atoms with Gasteiger partial charge in [-0.3, -0.25) is 4.79 Å². The summed E-state index contributed by atoms with van der Waals surface area (Å²) in [6.45, 7) is 0. The van der Waals surface area contributed by atoms with Gasteiger partial charge in [-0.1, -0.05) is 35.9 Å². The third kappa shape index (κ3) is 2.13. The molecule has 0 atom stereocenters. The van der Waals surface area contributed by atoms with Crippen molar-refractivity contribution < 1.29 is 13.6 Å². The Morgan fingerprint density at radius 2 is 1.89 bits per heavy atom. The number of rotatable bonds is 2. The quantitative estimate of drug-likeness (QED) is 0.646. The van der Waals surface area contributed by atoms with Crippen LogP contribution in [0.2, 0.25) is 5.02 Å². The lowest BCUT2D eigenvalue weighted by atomic mass is 10.1. The Morgan fingerprint density at radius 1 is 1.11 bits per heavy atom. The Labute approximate surface area is 113 Å². The molecule has 3 rings (SSSR count). The van der Waals surface area contributed by atoms with Gasteiger partial charge in [0.05, 0.1) is 0 Å². The van der Waals surface area contributed by atoms with Gasteiger partial charge in [-0.15, -0.1) is 0 Å². The van der Waals surface area contributed by atoms with E-state index in [-0.39, 0.29) is 17.1 Å². The van der Waals surface area contributed by atoms with Gasteiger partial charge >= 0.3 is 0 Å². The van der Waals surface area contributed by atoms with E-state index in [1.165, 1.54) is 12.1 Å². The number of benzene rings is 2. The molecule has 2 aromatic carbocycles. The first-order chi connectivity index (χ1) is 9.15. The molecule has 0 bridgehead atoms. The molecule has 0 amide bonds. The first kappa shape index (κ1) is 11.9. The molecule has 94 valence electrons. The molecule has 0 N–H and O–H groups in total. The summed E-state index contributed by atoms with van der Waals surface area (Å²) in [5, 5.41) is 1.03. The molecular weight excluding hydrogens is 267 g/mol. The summed E-state index contributed by atoms with van der Waals surface area (Å²) in [6.07, 6.45) is 0. The van der Waals surface area contributed by atoms with E-state index in [0.717, 1.165) is 0 Å². The topological polar surface area (TPSA) is 30.2 Å². The van der Waals surface area contributed by atoms with E-state index >= 15 is 0 Å². The Kier molecular flexibility index (Phi) is 2.84. The van der Waals surface area contributed by atoms with Crippen LogP contribution in [-0.2, 0) is 0 Å². The third-order valence-electron chi connectivity index (χ3n) is 2.81. The van der Waals surface area contributed by atoms with Crippen molar-refractivity contribution in [1.29, 1.82) is 0 Å². The summed E-state index contributed by atoms with van der Waals surface area (Å²) < 4.78 is 18.8. The van der Waals surface area contributed by atoms with Gasteiger partial charge in [-0.25, -0.2) is 4.39 Å². The van der Waals surface area contributed by atoms with Crippen LogP contribution in [0.25, 0.3) is 11.0 Å². The van der Waals surface area contributed by atoms with Crippen LogP contribution in [0.5, 0.6) is 0 Å². The van der Waals surface area contributed by atoms with Crippen LogP contribution in [0.15, 0.2) is 52.9 Å². The van der Waals surface area contributed by atoms with Crippen molar-refractivity contribution in [3.8, 4) is 0 Å². The van der Waals surface area contributed by atoms with Crippen LogP contribution in [0.3, 0.4) is 0 Å². The van der Waals surface area contributed by atoms with E-state index in [0.29, 0.717) is 16.0 Å². The molecule has 3 aromatic rings. The molecule has 1 heterocycles. The monoisotopic (exact) mass is 274 g/mol. The fraction of sp³-hybridized carbons (Fsp3) is 0. The van der Waals surface area contributed by atoms with Gasteiger partial charge in [0.2, 0.25) is 5.78 Å². The first-order valence-electron chi connectivity index (χ1n) is 5.63. The van der Waals surface area contributed by atoms with Crippen molar-refractivity contribution in [2.45, 2.75) is 0 Å². The highest BCUT2D eigenvalue weighted by Gasteiger charge is 2.16. The maximum Gasteiger partial charge on any atom is 0.228 e. The number of carbonyl (C=O) groups excluding carboxylic acids is 1. The van der Waals surface area contributed by atoms with Crippen LogP contribution < -0.4 is 0 Å². The van der Waals surface area contributed by atoms with E-state index in [4.69, 9.17) is 16.0 Å². The minimum atomic E-state index is -0.484. The fourth-order valence-corrected chi connectivity index (χ4v) is 2.10. The zero-order valence-corrected chi connectivity index (χ0v) is 10.4. The third-order valence-corrected chi connectivity index (χ3v) is 3.04. The molecule has 19 heavy (non-hydrogen) atoms. The van der Waals surface area contributed by atoms with Crippen LogP contribution in [0.1, 0.15) is 16.1 Å². The molecule has 0 saturated heterocycles. The summed E-state index contributed by atoms with van der Waals surface area (Å²) in [7, 11) is 0. The highest BCUT2D eigenvalue weighted by Crippen LogP contribution is 2.24. The summed E-state index contributed by atoms with van der Waals surface area (Å²) in [4.78, 5) is 12.2. The molecule has 0 unspecified atom stereocenters. The van der Waals surface area contributed by atoms with Gasteiger partial charge in [0.1, 0.15) is 0 Å². The zero-order chi connectivity index (χ0) is 13.4. The molecule has 0 fully saturated rings. The second kappa shape index (κ2) is 4.52. The predicted octanol–water partition coefficient (Wildman–Crippen LogP) is 4.46. The van der Waals surface area contributed by atoms with E-state index in [9.17, 15) is 9.18 Å². The van der Waals surface area contributed by atoms with Crippen LogP contribution in [0, 0.1) is 5.82 Å². The summed E-state index contributed by atoms with van der Waals surface area (Å²) >= 11 is 5.84. The first-order valence-corrected chi connectivity index (χ1v) is 6.01.